The number of hydrogen-bond acceptors (Lipinski definition) is 4. The van der Waals surface area contributed by atoms with Crippen LogP contribution in [0.25, 0.3) is 0 Å². The molecule has 0 spiro atoms. The van der Waals surface area contributed by atoms with E-state index in [1.165, 1.54) is 11.0 Å². The fourth-order valence-electron chi connectivity index (χ4n) is 2.25. The molecule has 1 atom stereocenters. The lowest BCUT2D eigenvalue weighted by molar-refractivity contribution is -0.117. The molecule has 7 heteroatoms. The Bertz CT molecular complexity index is 671. The maximum absolute atomic E-state index is 13.2. The van der Waals surface area contributed by atoms with Gasteiger partial charge in [-0.1, -0.05) is 5.16 Å². The second kappa shape index (κ2) is 4.66. The maximum Gasteiger partial charge on any atom is 0.232 e. The molecule has 0 N–H and O–H groups in total. The molecule has 1 aliphatic heterocycles. The van der Waals surface area contributed by atoms with Crippen LogP contribution in [0, 0.1) is 18.6 Å². The van der Waals surface area contributed by atoms with Crippen LogP contribution in [0.5, 0.6) is 0 Å². The first-order valence-electron chi connectivity index (χ1n) is 6.10. The van der Waals surface area contributed by atoms with Gasteiger partial charge in [-0.05, 0) is 19.1 Å². The Kier molecular flexibility index (Phi) is 2.96. The zero-order valence-corrected chi connectivity index (χ0v) is 10.6. The second-order valence-electron chi connectivity index (χ2n) is 4.68. The summed E-state index contributed by atoms with van der Waals surface area (Å²) in [6.07, 6.45) is 0.209. The highest BCUT2D eigenvalue weighted by atomic mass is 19.2. The van der Waals surface area contributed by atoms with Crippen LogP contribution in [0.1, 0.15) is 24.1 Å². The second-order valence-corrected chi connectivity index (χ2v) is 4.68. The Balaban J connectivity index is 1.85. The third kappa shape index (κ3) is 2.15. The first-order chi connectivity index (χ1) is 9.54. The Morgan fingerprint density at radius 2 is 2.15 bits per heavy atom. The molecule has 2 heterocycles. The zero-order chi connectivity index (χ0) is 14.3. The smallest absolute Gasteiger partial charge is 0.232 e. The van der Waals surface area contributed by atoms with Crippen molar-refractivity contribution < 1.29 is 18.1 Å². The molecule has 1 amide bonds. The summed E-state index contributed by atoms with van der Waals surface area (Å²) in [5.74, 6) is -1.44. The third-order valence-electron chi connectivity index (χ3n) is 3.23. The van der Waals surface area contributed by atoms with Crippen LogP contribution >= 0.6 is 0 Å². The largest absolute Gasteiger partial charge is 0.339 e. The summed E-state index contributed by atoms with van der Waals surface area (Å²) >= 11 is 0. The number of rotatable bonds is 2. The van der Waals surface area contributed by atoms with Gasteiger partial charge < -0.3 is 9.42 Å². The first kappa shape index (κ1) is 12.7. The van der Waals surface area contributed by atoms with Gasteiger partial charge in [0.1, 0.15) is 0 Å². The highest BCUT2D eigenvalue weighted by Gasteiger charge is 2.35. The molecule has 1 aromatic heterocycles. The van der Waals surface area contributed by atoms with Gasteiger partial charge in [0.15, 0.2) is 17.5 Å². The van der Waals surface area contributed by atoms with E-state index >= 15 is 0 Å². The lowest BCUT2D eigenvalue weighted by Crippen LogP contribution is -2.24. The molecular weight excluding hydrogens is 268 g/mol. The van der Waals surface area contributed by atoms with Gasteiger partial charge in [-0.25, -0.2) is 8.78 Å². The summed E-state index contributed by atoms with van der Waals surface area (Å²) in [7, 11) is 0. The van der Waals surface area contributed by atoms with Crippen LogP contribution in [0.15, 0.2) is 22.7 Å². The Morgan fingerprint density at radius 1 is 1.35 bits per heavy atom. The van der Waals surface area contributed by atoms with Crippen molar-refractivity contribution in [3.63, 3.8) is 0 Å². The minimum atomic E-state index is -0.979. The summed E-state index contributed by atoms with van der Waals surface area (Å²) in [4.78, 5) is 17.5. The Labute approximate surface area is 113 Å². The van der Waals surface area contributed by atoms with Crippen molar-refractivity contribution in [1.82, 2.24) is 10.1 Å². The van der Waals surface area contributed by atoms with Crippen molar-refractivity contribution in [2.75, 3.05) is 11.4 Å². The number of halogens is 2. The molecule has 1 saturated heterocycles. The predicted octanol–water partition coefficient (Wildman–Crippen LogP) is 2.18. The summed E-state index contributed by atoms with van der Waals surface area (Å²) in [5, 5.41) is 3.68. The highest BCUT2D eigenvalue weighted by molar-refractivity contribution is 5.96. The monoisotopic (exact) mass is 279 g/mol. The number of nitrogens with zero attached hydrogens (tertiary/aromatic N) is 3. The van der Waals surface area contributed by atoms with Gasteiger partial charge in [-0.15, -0.1) is 0 Å². The quantitative estimate of drug-likeness (QED) is 0.845. The van der Waals surface area contributed by atoms with E-state index in [1.807, 2.05) is 0 Å². The van der Waals surface area contributed by atoms with Crippen molar-refractivity contribution in [2.45, 2.75) is 19.3 Å². The molecule has 1 aliphatic rings. The van der Waals surface area contributed by atoms with E-state index in [-0.39, 0.29) is 18.2 Å². The molecule has 5 nitrogen and oxygen atoms in total. The fraction of sp³-hybridized carbons (Fsp3) is 0.308. The van der Waals surface area contributed by atoms with Crippen LogP contribution in [-0.2, 0) is 4.79 Å². The van der Waals surface area contributed by atoms with E-state index in [2.05, 4.69) is 10.1 Å². The molecule has 0 radical (unpaired) electrons. The Hall–Kier alpha value is -2.31. The molecule has 1 unspecified atom stereocenters. The SMILES string of the molecule is Cc1noc(C2CC(=O)N(c3ccc(F)c(F)c3)C2)n1. The van der Waals surface area contributed by atoms with Crippen molar-refractivity contribution in [1.29, 1.82) is 0 Å². The molecule has 1 fully saturated rings. The standard InChI is InChI=1S/C13H11F2N3O2/c1-7-16-13(20-17-7)8-4-12(19)18(6-8)9-2-3-10(14)11(15)5-9/h2-3,5,8H,4,6H2,1H3. The number of aryl methyl sites for hydroxylation is 1. The number of hydrogen-bond donors (Lipinski definition) is 0. The normalized spacial score (nSPS) is 18.9. The van der Waals surface area contributed by atoms with E-state index in [9.17, 15) is 13.6 Å². The topological polar surface area (TPSA) is 59.2 Å². The van der Waals surface area contributed by atoms with Crippen molar-refractivity contribution in [3.8, 4) is 0 Å². The molecule has 0 bridgehead atoms. The predicted molar refractivity (Wildman–Crippen MR) is 65.1 cm³/mol. The average Bonchev–Trinajstić information content (AvgIpc) is 2.99. The number of carbonyl (C=O) groups excluding carboxylic acids is 1. The minimum Gasteiger partial charge on any atom is -0.339 e. The van der Waals surface area contributed by atoms with Crippen LogP contribution in [-0.4, -0.2) is 22.6 Å². The molecule has 3 rings (SSSR count). The van der Waals surface area contributed by atoms with Crippen LogP contribution in [0.2, 0.25) is 0 Å². The van der Waals surface area contributed by atoms with E-state index in [1.54, 1.807) is 6.92 Å². The number of anilines is 1. The van der Waals surface area contributed by atoms with Crippen LogP contribution in [0.3, 0.4) is 0 Å². The van der Waals surface area contributed by atoms with Gasteiger partial charge in [0.2, 0.25) is 11.8 Å². The zero-order valence-electron chi connectivity index (χ0n) is 10.6. The van der Waals surface area contributed by atoms with Gasteiger partial charge in [0.25, 0.3) is 0 Å². The molecular formula is C13H11F2N3O2. The third-order valence-corrected chi connectivity index (χ3v) is 3.23. The van der Waals surface area contributed by atoms with Crippen molar-refractivity contribution >= 4 is 11.6 Å². The van der Waals surface area contributed by atoms with Gasteiger partial charge in [0, 0.05) is 24.7 Å². The molecule has 2 aromatic rings. The number of benzene rings is 1. The van der Waals surface area contributed by atoms with E-state index in [0.29, 0.717) is 23.9 Å². The fourth-order valence-corrected chi connectivity index (χ4v) is 2.25. The molecule has 1 aromatic carbocycles. The van der Waals surface area contributed by atoms with Crippen molar-refractivity contribution in [3.05, 3.63) is 41.5 Å². The number of aromatic nitrogens is 2. The van der Waals surface area contributed by atoms with Gasteiger partial charge >= 0.3 is 0 Å². The first-order valence-corrected chi connectivity index (χ1v) is 6.10. The molecule has 0 saturated carbocycles. The Morgan fingerprint density at radius 3 is 2.80 bits per heavy atom. The van der Waals surface area contributed by atoms with Gasteiger partial charge in [-0.3, -0.25) is 4.79 Å². The molecule has 0 aliphatic carbocycles. The van der Waals surface area contributed by atoms with E-state index in [4.69, 9.17) is 4.52 Å². The summed E-state index contributed by atoms with van der Waals surface area (Å²) in [6, 6.07) is 3.38. The van der Waals surface area contributed by atoms with Crippen LogP contribution in [0.4, 0.5) is 14.5 Å². The van der Waals surface area contributed by atoms with Gasteiger partial charge in [0.05, 0.1) is 5.92 Å². The number of amides is 1. The minimum absolute atomic E-state index is 0.183. The summed E-state index contributed by atoms with van der Waals surface area (Å²) in [6.45, 7) is 2.00. The van der Waals surface area contributed by atoms with Crippen LogP contribution < -0.4 is 4.90 Å². The molecule has 20 heavy (non-hydrogen) atoms. The summed E-state index contributed by atoms with van der Waals surface area (Å²) < 4.78 is 31.2. The number of carbonyl (C=O) groups is 1. The lowest BCUT2D eigenvalue weighted by atomic mass is 10.1. The van der Waals surface area contributed by atoms with Gasteiger partial charge in [-0.2, -0.15) is 4.98 Å². The molecule has 104 valence electrons. The lowest BCUT2D eigenvalue weighted by Gasteiger charge is -2.16. The average molecular weight is 279 g/mol. The summed E-state index contributed by atoms with van der Waals surface area (Å²) in [5.41, 5.74) is 0.327. The maximum atomic E-state index is 13.2. The van der Waals surface area contributed by atoms with E-state index in [0.717, 1.165) is 12.1 Å². The van der Waals surface area contributed by atoms with Crippen molar-refractivity contribution in [2.24, 2.45) is 0 Å². The highest BCUT2D eigenvalue weighted by Crippen LogP contribution is 2.31. The van der Waals surface area contributed by atoms with E-state index < -0.39 is 11.6 Å².